The predicted octanol–water partition coefficient (Wildman–Crippen LogP) is 4.52. The molecule has 2 aromatic heterocycles. The van der Waals surface area contributed by atoms with Gasteiger partial charge in [-0.1, -0.05) is 48.5 Å². The first-order valence-corrected chi connectivity index (χ1v) is 8.87. The van der Waals surface area contributed by atoms with Crippen LogP contribution < -0.4 is 10.6 Å². The van der Waals surface area contributed by atoms with Gasteiger partial charge in [0.25, 0.3) is 0 Å². The van der Waals surface area contributed by atoms with E-state index in [1.165, 1.54) is 10.9 Å². The van der Waals surface area contributed by atoms with Gasteiger partial charge in [0.05, 0.1) is 11.9 Å². The maximum absolute atomic E-state index is 12.3. The lowest BCUT2D eigenvalue weighted by molar-refractivity contribution is 0.252. The first kappa shape index (κ1) is 16.8. The van der Waals surface area contributed by atoms with E-state index in [-0.39, 0.29) is 11.9 Å². The smallest absolute Gasteiger partial charge is 0.319 e. The van der Waals surface area contributed by atoms with Gasteiger partial charge in [-0.25, -0.2) is 4.79 Å². The number of pyridine rings is 1. The molecule has 2 heterocycles. The van der Waals surface area contributed by atoms with Crippen LogP contribution in [0.3, 0.4) is 0 Å². The SMILES string of the molecule is O=C(NCC(c1ccccc1)c1c[nH]c2ccccc12)Nc1cccnc1. The summed E-state index contributed by atoms with van der Waals surface area (Å²) in [5.41, 5.74) is 4.08. The normalized spacial score (nSPS) is 11.9. The molecule has 0 radical (unpaired) electrons. The van der Waals surface area contributed by atoms with Gasteiger partial charge in [0.15, 0.2) is 0 Å². The summed E-state index contributed by atoms with van der Waals surface area (Å²) in [4.78, 5) is 19.7. The number of nitrogens with zero attached hydrogens (tertiary/aromatic N) is 1. The monoisotopic (exact) mass is 356 g/mol. The van der Waals surface area contributed by atoms with E-state index in [4.69, 9.17) is 0 Å². The summed E-state index contributed by atoms with van der Waals surface area (Å²) in [6.07, 6.45) is 5.32. The molecule has 0 saturated heterocycles. The highest BCUT2D eigenvalue weighted by Gasteiger charge is 2.18. The van der Waals surface area contributed by atoms with Crippen molar-refractivity contribution in [3.05, 3.63) is 96.4 Å². The van der Waals surface area contributed by atoms with Crippen LogP contribution in [-0.4, -0.2) is 22.5 Å². The van der Waals surface area contributed by atoms with E-state index in [0.717, 1.165) is 11.1 Å². The van der Waals surface area contributed by atoms with Crippen molar-refractivity contribution in [1.29, 1.82) is 0 Å². The van der Waals surface area contributed by atoms with Crippen LogP contribution in [0, 0.1) is 0 Å². The lowest BCUT2D eigenvalue weighted by Gasteiger charge is -2.18. The molecule has 1 atom stereocenters. The van der Waals surface area contributed by atoms with Crippen LogP contribution in [0.4, 0.5) is 10.5 Å². The number of rotatable bonds is 5. The van der Waals surface area contributed by atoms with E-state index in [2.05, 4.69) is 44.9 Å². The Bertz CT molecular complexity index is 1030. The van der Waals surface area contributed by atoms with Gasteiger partial charge >= 0.3 is 6.03 Å². The second-order valence-corrected chi connectivity index (χ2v) is 6.33. The number of carbonyl (C=O) groups is 1. The van der Waals surface area contributed by atoms with E-state index in [1.807, 2.05) is 36.5 Å². The zero-order valence-electron chi connectivity index (χ0n) is 14.7. The van der Waals surface area contributed by atoms with Crippen molar-refractivity contribution in [2.24, 2.45) is 0 Å². The molecular formula is C22H20N4O. The van der Waals surface area contributed by atoms with Crippen LogP contribution in [-0.2, 0) is 0 Å². The summed E-state index contributed by atoms with van der Waals surface area (Å²) in [5.74, 6) is 0.0435. The number of H-pyrrole nitrogens is 1. The van der Waals surface area contributed by atoms with Crippen molar-refractivity contribution in [2.45, 2.75) is 5.92 Å². The first-order chi connectivity index (χ1) is 13.3. The standard InChI is InChI=1S/C22H20N4O/c27-22(26-17-9-6-12-23-13-17)25-14-19(16-7-2-1-3-8-16)20-15-24-21-11-5-4-10-18(20)21/h1-13,15,19,24H,14H2,(H2,25,26,27). The van der Waals surface area contributed by atoms with E-state index in [1.54, 1.807) is 24.5 Å². The molecule has 2 aromatic carbocycles. The quantitative estimate of drug-likeness (QED) is 0.492. The minimum atomic E-state index is -0.247. The van der Waals surface area contributed by atoms with Crippen molar-refractivity contribution in [1.82, 2.24) is 15.3 Å². The summed E-state index contributed by atoms with van der Waals surface area (Å²) in [6, 6.07) is 21.8. The van der Waals surface area contributed by atoms with Crippen molar-refractivity contribution in [3.8, 4) is 0 Å². The molecule has 27 heavy (non-hydrogen) atoms. The molecule has 134 valence electrons. The van der Waals surface area contributed by atoms with E-state index in [0.29, 0.717) is 12.2 Å². The minimum absolute atomic E-state index is 0.0435. The van der Waals surface area contributed by atoms with E-state index in [9.17, 15) is 4.79 Å². The third-order valence-corrected chi connectivity index (χ3v) is 4.58. The maximum Gasteiger partial charge on any atom is 0.319 e. The Balaban J connectivity index is 1.57. The highest BCUT2D eigenvalue weighted by atomic mass is 16.2. The maximum atomic E-state index is 12.3. The number of anilines is 1. The zero-order chi connectivity index (χ0) is 18.5. The number of para-hydroxylation sites is 1. The van der Waals surface area contributed by atoms with Crippen LogP contribution in [0.2, 0.25) is 0 Å². The second-order valence-electron chi connectivity index (χ2n) is 6.33. The predicted molar refractivity (Wildman–Crippen MR) is 108 cm³/mol. The summed E-state index contributed by atoms with van der Waals surface area (Å²) in [6.45, 7) is 0.484. The zero-order valence-corrected chi connectivity index (χ0v) is 14.7. The largest absolute Gasteiger partial charge is 0.361 e. The first-order valence-electron chi connectivity index (χ1n) is 8.87. The van der Waals surface area contributed by atoms with Gasteiger partial charge in [-0.05, 0) is 29.3 Å². The Morgan fingerprint density at radius 3 is 2.63 bits per heavy atom. The van der Waals surface area contributed by atoms with E-state index >= 15 is 0 Å². The van der Waals surface area contributed by atoms with Crippen molar-refractivity contribution in [3.63, 3.8) is 0 Å². The Morgan fingerprint density at radius 1 is 1.00 bits per heavy atom. The van der Waals surface area contributed by atoms with Crippen molar-refractivity contribution < 1.29 is 4.79 Å². The molecule has 5 heteroatoms. The van der Waals surface area contributed by atoms with Gasteiger partial charge in [-0.3, -0.25) is 4.98 Å². The highest BCUT2D eigenvalue weighted by molar-refractivity contribution is 5.89. The molecule has 0 spiro atoms. The average molecular weight is 356 g/mol. The number of nitrogens with one attached hydrogen (secondary N) is 3. The Labute approximate surface area is 157 Å². The van der Waals surface area contributed by atoms with Gasteiger partial charge in [0.2, 0.25) is 0 Å². The summed E-state index contributed by atoms with van der Waals surface area (Å²) < 4.78 is 0. The van der Waals surface area contributed by atoms with Gasteiger partial charge in [0, 0.05) is 35.8 Å². The number of aromatic nitrogens is 2. The van der Waals surface area contributed by atoms with Crippen LogP contribution in [0.25, 0.3) is 10.9 Å². The number of carbonyl (C=O) groups excluding carboxylic acids is 1. The summed E-state index contributed by atoms with van der Waals surface area (Å²) in [5, 5.41) is 6.97. The lowest BCUT2D eigenvalue weighted by atomic mass is 9.91. The van der Waals surface area contributed by atoms with Gasteiger partial charge in [-0.2, -0.15) is 0 Å². The molecule has 2 amide bonds. The number of hydrogen-bond acceptors (Lipinski definition) is 2. The van der Waals surface area contributed by atoms with E-state index < -0.39 is 0 Å². The Kier molecular flexibility index (Phi) is 4.83. The molecule has 3 N–H and O–H groups in total. The van der Waals surface area contributed by atoms with Gasteiger partial charge in [-0.15, -0.1) is 0 Å². The number of fused-ring (bicyclic) bond motifs is 1. The third kappa shape index (κ3) is 3.82. The molecule has 4 rings (SSSR count). The van der Waals surface area contributed by atoms with Gasteiger partial charge < -0.3 is 15.6 Å². The molecule has 0 aliphatic carbocycles. The molecule has 0 aliphatic rings. The number of benzene rings is 2. The molecule has 0 aliphatic heterocycles. The fraction of sp³-hybridized carbons (Fsp3) is 0.0909. The number of hydrogen-bond donors (Lipinski definition) is 3. The molecule has 5 nitrogen and oxygen atoms in total. The van der Waals surface area contributed by atoms with Crippen LogP contribution >= 0.6 is 0 Å². The molecular weight excluding hydrogens is 336 g/mol. The summed E-state index contributed by atoms with van der Waals surface area (Å²) in [7, 11) is 0. The number of urea groups is 1. The fourth-order valence-electron chi connectivity index (χ4n) is 3.28. The topological polar surface area (TPSA) is 69.8 Å². The Hall–Kier alpha value is -3.60. The minimum Gasteiger partial charge on any atom is -0.361 e. The number of aromatic amines is 1. The Morgan fingerprint density at radius 2 is 1.81 bits per heavy atom. The molecule has 0 fully saturated rings. The van der Waals surface area contributed by atoms with Crippen LogP contribution in [0.15, 0.2) is 85.3 Å². The summed E-state index contributed by atoms with van der Waals surface area (Å²) >= 11 is 0. The molecule has 1 unspecified atom stereocenters. The fourth-order valence-corrected chi connectivity index (χ4v) is 3.28. The van der Waals surface area contributed by atoms with Crippen LogP contribution in [0.5, 0.6) is 0 Å². The second kappa shape index (κ2) is 7.74. The lowest BCUT2D eigenvalue weighted by Crippen LogP contribution is -2.32. The van der Waals surface area contributed by atoms with Gasteiger partial charge in [0.1, 0.15) is 0 Å². The number of amides is 2. The van der Waals surface area contributed by atoms with Crippen LogP contribution in [0.1, 0.15) is 17.0 Å². The molecule has 0 bridgehead atoms. The third-order valence-electron chi connectivity index (χ3n) is 4.58. The average Bonchev–Trinajstić information content (AvgIpc) is 3.14. The molecule has 4 aromatic rings. The van der Waals surface area contributed by atoms with Crippen molar-refractivity contribution >= 4 is 22.6 Å². The molecule has 0 saturated carbocycles. The van der Waals surface area contributed by atoms with Crippen molar-refractivity contribution in [2.75, 3.05) is 11.9 Å². The highest BCUT2D eigenvalue weighted by Crippen LogP contribution is 2.30.